The van der Waals surface area contributed by atoms with Gasteiger partial charge in [-0.25, -0.2) is 0 Å². The van der Waals surface area contributed by atoms with Crippen LogP contribution in [0.5, 0.6) is 0 Å². The van der Waals surface area contributed by atoms with Gasteiger partial charge in [-0.1, -0.05) is 0 Å². The van der Waals surface area contributed by atoms with E-state index >= 15 is 0 Å². The number of carbonyl (C=O) groups excluding carboxylic acids is 20. The van der Waals surface area contributed by atoms with Crippen molar-refractivity contribution in [1.29, 1.82) is 0 Å². The van der Waals surface area contributed by atoms with Gasteiger partial charge in [-0.05, 0) is 160 Å². The summed E-state index contributed by atoms with van der Waals surface area (Å²) in [5.74, 6) is -10.7. The van der Waals surface area contributed by atoms with Gasteiger partial charge in [0.05, 0.1) is 104 Å². The van der Waals surface area contributed by atoms with Gasteiger partial charge in [0.2, 0.25) is 23.6 Å². The molecule has 0 aromatic heterocycles. The third kappa shape index (κ3) is 41.1. The number of aliphatic hydroxyl groups excluding tert-OH is 4. The van der Waals surface area contributed by atoms with Crippen LogP contribution < -0.4 is 42.5 Å². The number of aliphatic hydroxyl groups is 4. The molecule has 0 aromatic carbocycles. The van der Waals surface area contributed by atoms with Crippen molar-refractivity contribution in [2.24, 2.45) is 5.41 Å². The van der Waals surface area contributed by atoms with Crippen LogP contribution in [-0.4, -0.2) is 236 Å². The van der Waals surface area contributed by atoms with Gasteiger partial charge in [0.1, 0.15) is 69.4 Å². The maximum Gasteiger partial charge on any atom is 0.237 e. The standard InChI is InChI=1S/C73H116N8O24/c1-41(82)13-25-57(49(9)90)78-69(102)61(29-17-45(5)86)74-37-53(94)21-33-65(98)73(66(99)34-22-54(95)38-75-62(30-18-46(6)87)70(103)79-58(50(10)91)26-14-42(2)83,67(100)35-23-55(96)39-76-63(31-19-47(7)88)71(104)80-59(51(11)92)27-15-43(3)84)68(101)36-24-56(97)40-77-64(32-20-48(8)89)72(105)81-60(52(12)93)28-16-44(4)85/h57-68,74-77,98-101H,13-40H2,1-12H3,(H,78,102)(H,79,103)(H,80,104)(H,81,105). The lowest BCUT2D eigenvalue weighted by Gasteiger charge is -2.48. The number of hydrogen-bond acceptors (Lipinski definition) is 28. The molecule has 32 nitrogen and oxygen atoms in total. The topological polar surface area (TPSA) is 519 Å². The zero-order valence-corrected chi connectivity index (χ0v) is 63.2. The molecule has 0 aliphatic rings. The molecule has 0 aromatic rings. The van der Waals surface area contributed by atoms with Crippen molar-refractivity contribution in [3.05, 3.63) is 0 Å². The number of nitrogens with one attached hydrogen (secondary N) is 8. The predicted molar refractivity (Wildman–Crippen MR) is 380 cm³/mol. The van der Waals surface area contributed by atoms with Crippen LogP contribution in [0.15, 0.2) is 0 Å². The highest BCUT2D eigenvalue weighted by molar-refractivity contribution is 5.95. The number of rotatable bonds is 64. The zero-order chi connectivity index (χ0) is 80.4. The van der Waals surface area contributed by atoms with Crippen molar-refractivity contribution in [2.75, 3.05) is 26.2 Å². The van der Waals surface area contributed by atoms with Gasteiger partial charge < -0.3 is 80.0 Å². The molecule has 592 valence electrons. The van der Waals surface area contributed by atoms with E-state index in [0.717, 1.165) is 0 Å². The highest BCUT2D eigenvalue weighted by Crippen LogP contribution is 2.43. The van der Waals surface area contributed by atoms with E-state index < -0.39 is 226 Å². The SMILES string of the molecule is CC(=O)CCC(NC(=O)C(CCC(C)=O)NCC(=O)CCC(O)C(C(O)CCC(=O)CNC(CCC(C)=O)C(=O)NC(CCC(C)=O)C(C)=O)(C(O)CCC(=O)CNC(CCC(C)=O)C(=O)NC(CCC(C)=O)C(C)=O)C(O)CCC(=O)CNC(CCC(C)=O)C(=O)NC(CCC(C)=O)C(C)=O)C(C)=O. The van der Waals surface area contributed by atoms with E-state index in [0.29, 0.717) is 0 Å². The van der Waals surface area contributed by atoms with Gasteiger partial charge >= 0.3 is 0 Å². The minimum Gasteiger partial charge on any atom is -0.392 e. The average molecular weight is 1490 g/mol. The van der Waals surface area contributed by atoms with Crippen molar-refractivity contribution in [1.82, 2.24) is 42.5 Å². The summed E-state index contributed by atoms with van der Waals surface area (Å²) in [5.41, 5.74) is -2.78. The Balaban J connectivity index is 8.05. The highest BCUT2D eigenvalue weighted by Gasteiger charge is 2.55. The Bertz CT molecular complexity index is 2660. The maximum absolute atomic E-state index is 14.0. The molecule has 12 unspecified atom stereocenters. The Morgan fingerprint density at radius 1 is 0.219 bits per heavy atom. The van der Waals surface area contributed by atoms with Gasteiger partial charge in [0, 0.05) is 77.0 Å². The lowest BCUT2D eigenvalue weighted by atomic mass is 9.63. The molecule has 0 saturated heterocycles. The van der Waals surface area contributed by atoms with E-state index in [4.69, 9.17) is 0 Å². The minimum atomic E-state index is -2.78. The second-order valence-corrected chi connectivity index (χ2v) is 27.7. The molecule has 0 heterocycles. The van der Waals surface area contributed by atoms with Gasteiger partial charge in [-0.15, -0.1) is 0 Å². The molecular weight excluding hydrogens is 1370 g/mol. The number of ketones is 16. The average Bonchev–Trinajstić information content (AvgIpc) is 0.765. The lowest BCUT2D eigenvalue weighted by molar-refractivity contribution is -0.201. The largest absolute Gasteiger partial charge is 0.392 e. The number of hydrogen-bond donors (Lipinski definition) is 12. The number of carbonyl (C=O) groups is 20. The second kappa shape index (κ2) is 51.5. The van der Waals surface area contributed by atoms with Gasteiger partial charge in [-0.2, -0.15) is 0 Å². The minimum absolute atomic E-state index is 0.0553. The summed E-state index contributed by atoms with van der Waals surface area (Å²) < 4.78 is 0. The van der Waals surface area contributed by atoms with Crippen LogP contribution in [0.1, 0.15) is 237 Å². The fourth-order valence-electron chi connectivity index (χ4n) is 11.5. The Labute approximate surface area is 614 Å². The molecular formula is C73H116N8O24. The monoisotopic (exact) mass is 1490 g/mol. The molecule has 105 heavy (non-hydrogen) atoms. The normalized spacial score (nSPS) is 15.3. The molecule has 0 aliphatic carbocycles. The van der Waals surface area contributed by atoms with Crippen LogP contribution in [0.4, 0.5) is 0 Å². The van der Waals surface area contributed by atoms with Crippen molar-refractivity contribution in [2.45, 2.75) is 310 Å². The molecule has 12 N–H and O–H groups in total. The molecule has 0 aliphatic heterocycles. The maximum atomic E-state index is 14.0. The van der Waals surface area contributed by atoms with E-state index in [1.54, 1.807) is 0 Å². The van der Waals surface area contributed by atoms with E-state index in [2.05, 4.69) is 42.5 Å². The van der Waals surface area contributed by atoms with Gasteiger partial charge in [0.25, 0.3) is 0 Å². The lowest BCUT2D eigenvalue weighted by Crippen LogP contribution is -2.61. The Morgan fingerprint density at radius 3 is 0.495 bits per heavy atom. The fourth-order valence-corrected chi connectivity index (χ4v) is 11.5. The first-order valence-corrected chi connectivity index (χ1v) is 35.9. The van der Waals surface area contributed by atoms with Crippen molar-refractivity contribution in [3.8, 4) is 0 Å². The molecule has 0 spiro atoms. The molecule has 32 heteroatoms. The Morgan fingerprint density at radius 2 is 0.362 bits per heavy atom. The molecule has 0 saturated carbocycles. The number of amides is 4. The van der Waals surface area contributed by atoms with Crippen molar-refractivity contribution >= 4 is 116 Å². The second-order valence-electron chi connectivity index (χ2n) is 27.7. The first-order chi connectivity index (χ1) is 48.9. The van der Waals surface area contributed by atoms with Crippen LogP contribution in [0, 0.1) is 5.41 Å². The first kappa shape index (κ1) is 97.3. The Hall–Kier alpha value is -7.72. The van der Waals surface area contributed by atoms with Crippen LogP contribution in [0.25, 0.3) is 0 Å². The van der Waals surface area contributed by atoms with E-state index in [9.17, 15) is 116 Å². The third-order valence-corrected chi connectivity index (χ3v) is 18.1. The van der Waals surface area contributed by atoms with E-state index in [-0.39, 0.29) is 149 Å². The molecule has 4 amide bonds. The Kier molecular flexibility index (Phi) is 47.7. The number of Topliss-reactive ketones (excluding diaryl/α,β-unsaturated/α-hetero) is 16. The van der Waals surface area contributed by atoms with Gasteiger partial charge in [-0.3, -0.25) is 78.8 Å². The van der Waals surface area contributed by atoms with Crippen molar-refractivity contribution < 1.29 is 116 Å². The van der Waals surface area contributed by atoms with Crippen LogP contribution >= 0.6 is 0 Å². The fraction of sp³-hybridized carbons (Fsp3) is 0.726. The quantitative estimate of drug-likeness (QED) is 0.0378. The highest BCUT2D eigenvalue weighted by atomic mass is 16.3. The zero-order valence-electron chi connectivity index (χ0n) is 63.2. The smallest absolute Gasteiger partial charge is 0.237 e. The van der Waals surface area contributed by atoms with E-state index in [1.165, 1.54) is 83.1 Å². The summed E-state index contributed by atoms with van der Waals surface area (Å²) in [5, 5.41) is 71.9. The third-order valence-electron chi connectivity index (χ3n) is 18.1. The summed E-state index contributed by atoms with van der Waals surface area (Å²) in [4.78, 5) is 256. The summed E-state index contributed by atoms with van der Waals surface area (Å²) in [6.45, 7) is 12.3. The molecule has 0 rings (SSSR count). The summed E-state index contributed by atoms with van der Waals surface area (Å²) in [6, 6.07) is -9.67. The van der Waals surface area contributed by atoms with Crippen LogP contribution in [-0.2, 0) is 95.9 Å². The predicted octanol–water partition coefficient (Wildman–Crippen LogP) is -0.105. The van der Waals surface area contributed by atoms with Crippen molar-refractivity contribution in [3.63, 3.8) is 0 Å². The van der Waals surface area contributed by atoms with Crippen LogP contribution in [0.2, 0.25) is 0 Å². The summed E-state index contributed by atoms with van der Waals surface area (Å²) in [6.07, 6.45) is -16.8. The molecule has 0 radical (unpaired) electrons. The molecule has 0 bridgehead atoms. The molecule has 0 fully saturated rings. The van der Waals surface area contributed by atoms with Gasteiger partial charge in [0.15, 0.2) is 23.1 Å². The first-order valence-electron chi connectivity index (χ1n) is 35.9. The van der Waals surface area contributed by atoms with Crippen LogP contribution in [0.3, 0.4) is 0 Å². The summed E-state index contributed by atoms with van der Waals surface area (Å²) in [7, 11) is 0. The molecule has 12 atom stereocenters. The van der Waals surface area contributed by atoms with E-state index in [1.807, 2.05) is 0 Å². The summed E-state index contributed by atoms with van der Waals surface area (Å²) >= 11 is 0.